The molecule has 1 heterocycles. The Labute approximate surface area is 218 Å². The number of benzene rings is 2. The van der Waals surface area contributed by atoms with Crippen molar-refractivity contribution < 1.29 is 14.3 Å². The van der Waals surface area contributed by atoms with Gasteiger partial charge in [0.15, 0.2) is 0 Å². The van der Waals surface area contributed by atoms with Crippen LogP contribution in [0.1, 0.15) is 47.3 Å². The number of nitrogens with zero attached hydrogens (tertiary/aromatic N) is 2. The van der Waals surface area contributed by atoms with Crippen molar-refractivity contribution in [2.45, 2.75) is 45.7 Å². The molecule has 0 N–H and O–H groups in total. The predicted octanol–water partition coefficient (Wildman–Crippen LogP) is 5.64. The van der Waals surface area contributed by atoms with Crippen LogP contribution in [0.4, 0.5) is 0 Å². The van der Waals surface area contributed by atoms with Crippen molar-refractivity contribution in [1.82, 2.24) is 9.80 Å². The maximum absolute atomic E-state index is 13.7. The molecule has 2 unspecified atom stereocenters. The minimum atomic E-state index is -0.0468. The van der Waals surface area contributed by atoms with Gasteiger partial charge < -0.3 is 14.5 Å². The topological polar surface area (TPSA) is 49.9 Å². The molecule has 2 aromatic carbocycles. The molecule has 1 aliphatic rings. The molecule has 36 heavy (non-hydrogen) atoms. The van der Waals surface area contributed by atoms with Crippen molar-refractivity contribution in [3.63, 3.8) is 0 Å². The summed E-state index contributed by atoms with van der Waals surface area (Å²) in [6, 6.07) is 22.4. The van der Waals surface area contributed by atoms with Crippen LogP contribution in [0.15, 0.2) is 72.1 Å². The third-order valence-electron chi connectivity index (χ3n) is 6.77. The van der Waals surface area contributed by atoms with Crippen LogP contribution in [0.3, 0.4) is 0 Å². The van der Waals surface area contributed by atoms with E-state index in [9.17, 15) is 9.59 Å². The molecule has 1 fully saturated rings. The Bertz CT molecular complexity index is 1120. The largest absolute Gasteiger partial charge is 0.382 e. The van der Waals surface area contributed by atoms with E-state index in [-0.39, 0.29) is 30.2 Å². The van der Waals surface area contributed by atoms with Gasteiger partial charge in [-0.1, -0.05) is 60.7 Å². The van der Waals surface area contributed by atoms with Crippen molar-refractivity contribution in [3.05, 3.63) is 93.7 Å². The normalized spacial score (nSPS) is 16.5. The standard InChI is InChI=1S/C30H36N2O3S/c1-3-35-17-10-16-31(30(34)27-19-26(27)25-13-8-5-9-14-25)22-29(33)32(20-24-11-6-4-7-12-24)21-28-23(2)15-18-36-28/h4-9,11-15,18,26-27H,3,10,16-17,19-22H2,1-2H3. The summed E-state index contributed by atoms with van der Waals surface area (Å²) in [5.74, 6) is 0.265. The molecule has 0 saturated heterocycles. The predicted molar refractivity (Wildman–Crippen MR) is 145 cm³/mol. The van der Waals surface area contributed by atoms with Gasteiger partial charge in [0, 0.05) is 37.1 Å². The van der Waals surface area contributed by atoms with Crippen molar-refractivity contribution in [2.75, 3.05) is 26.3 Å². The number of ether oxygens (including phenoxy) is 1. The zero-order valence-electron chi connectivity index (χ0n) is 21.3. The summed E-state index contributed by atoms with van der Waals surface area (Å²) in [4.78, 5) is 32.1. The van der Waals surface area contributed by atoms with Crippen LogP contribution in [-0.4, -0.2) is 47.9 Å². The van der Waals surface area contributed by atoms with Crippen molar-refractivity contribution in [3.8, 4) is 0 Å². The highest BCUT2D eigenvalue weighted by Crippen LogP contribution is 2.48. The maximum atomic E-state index is 13.7. The zero-order chi connectivity index (χ0) is 25.3. The summed E-state index contributed by atoms with van der Waals surface area (Å²) in [7, 11) is 0. The van der Waals surface area contributed by atoms with Gasteiger partial charge in [-0.25, -0.2) is 0 Å². The first-order valence-corrected chi connectivity index (χ1v) is 13.7. The third-order valence-corrected chi connectivity index (χ3v) is 7.77. The Hall–Kier alpha value is -2.96. The van der Waals surface area contributed by atoms with Gasteiger partial charge >= 0.3 is 0 Å². The van der Waals surface area contributed by atoms with Gasteiger partial charge in [-0.2, -0.15) is 0 Å². The SMILES string of the molecule is CCOCCCN(CC(=O)N(Cc1ccccc1)Cc1sccc1C)C(=O)C1CC1c1ccccc1. The second kappa shape index (κ2) is 12.8. The Morgan fingerprint density at radius 3 is 2.36 bits per heavy atom. The lowest BCUT2D eigenvalue weighted by molar-refractivity contribution is -0.142. The van der Waals surface area contributed by atoms with Gasteiger partial charge in [0.25, 0.3) is 0 Å². The first-order valence-electron chi connectivity index (χ1n) is 12.8. The van der Waals surface area contributed by atoms with E-state index in [4.69, 9.17) is 4.74 Å². The van der Waals surface area contributed by atoms with Gasteiger partial charge in [0.1, 0.15) is 0 Å². The minimum Gasteiger partial charge on any atom is -0.382 e. The number of carbonyl (C=O) groups excluding carboxylic acids is 2. The molecular weight excluding hydrogens is 468 g/mol. The molecule has 4 rings (SSSR count). The summed E-state index contributed by atoms with van der Waals surface area (Å²) < 4.78 is 5.51. The summed E-state index contributed by atoms with van der Waals surface area (Å²) >= 11 is 1.67. The molecular formula is C30H36N2O3S. The number of thiophene rings is 1. The lowest BCUT2D eigenvalue weighted by Gasteiger charge is -2.28. The van der Waals surface area contributed by atoms with Gasteiger partial charge in [0.2, 0.25) is 11.8 Å². The minimum absolute atomic E-state index is 0.0201. The van der Waals surface area contributed by atoms with E-state index >= 15 is 0 Å². The number of hydrogen-bond donors (Lipinski definition) is 0. The number of amides is 2. The van der Waals surface area contributed by atoms with Gasteiger partial charge in [0.05, 0.1) is 13.1 Å². The van der Waals surface area contributed by atoms with E-state index in [1.807, 2.05) is 60.4 Å². The first-order chi connectivity index (χ1) is 17.6. The molecule has 0 aliphatic heterocycles. The van der Waals surface area contributed by atoms with E-state index in [2.05, 4.69) is 30.5 Å². The monoisotopic (exact) mass is 504 g/mol. The molecule has 1 saturated carbocycles. The van der Waals surface area contributed by atoms with E-state index in [1.165, 1.54) is 16.0 Å². The molecule has 0 bridgehead atoms. The van der Waals surface area contributed by atoms with E-state index in [0.717, 1.165) is 18.4 Å². The molecule has 5 nitrogen and oxygen atoms in total. The number of carbonyl (C=O) groups is 2. The summed E-state index contributed by atoms with van der Waals surface area (Å²) in [5, 5.41) is 2.07. The Balaban J connectivity index is 1.47. The fraction of sp³-hybridized carbons (Fsp3) is 0.400. The van der Waals surface area contributed by atoms with Crippen LogP contribution >= 0.6 is 11.3 Å². The first kappa shape index (κ1) is 26.1. The Kier molecular flexibility index (Phi) is 9.31. The zero-order valence-corrected chi connectivity index (χ0v) is 22.1. The smallest absolute Gasteiger partial charge is 0.242 e. The van der Waals surface area contributed by atoms with Crippen LogP contribution in [0.2, 0.25) is 0 Å². The summed E-state index contributed by atoms with van der Waals surface area (Å²) in [6.45, 7) is 6.98. The second-order valence-corrected chi connectivity index (χ2v) is 10.4. The molecule has 2 atom stereocenters. The molecule has 1 aromatic heterocycles. The molecule has 0 spiro atoms. The average molecular weight is 505 g/mol. The van der Waals surface area contributed by atoms with Crippen LogP contribution in [0.25, 0.3) is 0 Å². The quantitative estimate of drug-likeness (QED) is 0.283. The lowest BCUT2D eigenvalue weighted by Crippen LogP contribution is -2.43. The van der Waals surface area contributed by atoms with Crippen LogP contribution in [0.5, 0.6) is 0 Å². The highest BCUT2D eigenvalue weighted by Gasteiger charge is 2.46. The third kappa shape index (κ3) is 7.05. The average Bonchev–Trinajstić information content (AvgIpc) is 3.61. The van der Waals surface area contributed by atoms with Crippen molar-refractivity contribution in [1.29, 1.82) is 0 Å². The molecule has 0 radical (unpaired) electrons. The van der Waals surface area contributed by atoms with Crippen molar-refractivity contribution in [2.24, 2.45) is 5.92 Å². The molecule has 3 aromatic rings. The fourth-order valence-corrected chi connectivity index (χ4v) is 5.50. The Morgan fingerprint density at radius 2 is 1.69 bits per heavy atom. The van der Waals surface area contributed by atoms with E-state index < -0.39 is 0 Å². The van der Waals surface area contributed by atoms with Crippen LogP contribution in [0, 0.1) is 12.8 Å². The van der Waals surface area contributed by atoms with Gasteiger partial charge in [-0.05, 0) is 60.7 Å². The van der Waals surface area contributed by atoms with Gasteiger partial charge in [-0.15, -0.1) is 11.3 Å². The molecule has 1 aliphatic carbocycles. The van der Waals surface area contributed by atoms with E-state index in [1.54, 1.807) is 16.2 Å². The van der Waals surface area contributed by atoms with Crippen LogP contribution < -0.4 is 0 Å². The molecule has 190 valence electrons. The fourth-order valence-electron chi connectivity index (χ4n) is 4.58. The van der Waals surface area contributed by atoms with Crippen molar-refractivity contribution >= 4 is 23.2 Å². The summed E-state index contributed by atoms with van der Waals surface area (Å²) in [5.41, 5.74) is 3.48. The van der Waals surface area contributed by atoms with Gasteiger partial charge in [-0.3, -0.25) is 9.59 Å². The summed E-state index contributed by atoms with van der Waals surface area (Å²) in [6.07, 6.45) is 1.57. The highest BCUT2D eigenvalue weighted by atomic mass is 32.1. The lowest BCUT2D eigenvalue weighted by atomic mass is 10.1. The Morgan fingerprint density at radius 1 is 0.972 bits per heavy atom. The number of hydrogen-bond acceptors (Lipinski definition) is 4. The second-order valence-electron chi connectivity index (χ2n) is 9.43. The maximum Gasteiger partial charge on any atom is 0.242 e. The number of rotatable bonds is 13. The van der Waals surface area contributed by atoms with E-state index in [0.29, 0.717) is 32.8 Å². The number of aryl methyl sites for hydroxylation is 1. The van der Waals surface area contributed by atoms with Crippen LogP contribution in [-0.2, 0) is 27.4 Å². The highest BCUT2D eigenvalue weighted by molar-refractivity contribution is 7.10. The molecule has 6 heteroatoms. The molecule has 2 amide bonds.